The van der Waals surface area contributed by atoms with Gasteiger partial charge in [0.1, 0.15) is 0 Å². The molecule has 7 nitrogen and oxygen atoms in total. The van der Waals surface area contributed by atoms with Gasteiger partial charge in [-0.1, -0.05) is 6.92 Å². The zero-order chi connectivity index (χ0) is 21.5. The van der Waals surface area contributed by atoms with E-state index in [1.807, 2.05) is 28.8 Å². The highest BCUT2D eigenvalue weighted by atomic mass is 16.3. The van der Waals surface area contributed by atoms with Gasteiger partial charge in [0.15, 0.2) is 0 Å². The van der Waals surface area contributed by atoms with Crippen molar-refractivity contribution in [3.63, 3.8) is 0 Å². The Labute approximate surface area is 182 Å². The van der Waals surface area contributed by atoms with Crippen LogP contribution in [0.25, 0.3) is 11.1 Å². The summed E-state index contributed by atoms with van der Waals surface area (Å²) in [6, 6.07) is 7.35. The molecule has 164 valence electrons. The predicted molar refractivity (Wildman–Crippen MR) is 117 cm³/mol. The average Bonchev–Trinajstić information content (AvgIpc) is 3.59. The number of carbonyl (C=O) groups is 1. The highest BCUT2D eigenvalue weighted by molar-refractivity contribution is 5.80. The normalized spacial score (nSPS) is 27.2. The lowest BCUT2D eigenvalue weighted by Gasteiger charge is -2.38. The van der Waals surface area contributed by atoms with Crippen molar-refractivity contribution in [1.29, 1.82) is 0 Å². The Balaban J connectivity index is 1.56. The molecular weight excluding hydrogens is 392 g/mol. The maximum Gasteiger partial charge on any atom is 0.258 e. The van der Waals surface area contributed by atoms with Crippen molar-refractivity contribution >= 4 is 5.91 Å². The van der Waals surface area contributed by atoms with Crippen LogP contribution >= 0.6 is 0 Å². The van der Waals surface area contributed by atoms with Gasteiger partial charge in [-0.3, -0.25) is 19.5 Å². The Morgan fingerprint density at radius 3 is 2.68 bits per heavy atom. The minimum Gasteiger partial charge on any atom is -0.396 e. The van der Waals surface area contributed by atoms with Gasteiger partial charge in [-0.15, -0.1) is 0 Å². The Morgan fingerprint density at radius 2 is 2.00 bits per heavy atom. The molecule has 0 radical (unpaired) electrons. The molecule has 2 bridgehead atoms. The summed E-state index contributed by atoms with van der Waals surface area (Å²) in [7, 11) is 0. The topological polar surface area (TPSA) is 87.5 Å². The molecule has 2 aromatic rings. The van der Waals surface area contributed by atoms with Crippen molar-refractivity contribution in [3.05, 3.63) is 52.7 Å². The average molecular weight is 423 g/mol. The standard InChI is InChI=1S/C24H30N4O3/c1-2-11-27-20-13-28-19(6-5-17(24(28)31)16-7-9-25-10-8-16)22(27)21(18(20)14-29)23(30)26-12-15-3-4-15/h5-10,15,18,20-22,29H,2-4,11-14H2,1H3,(H,26,30)/t18-,20-,21+,22+/m1/s1. The third-order valence-electron chi connectivity index (χ3n) is 7.21. The van der Waals surface area contributed by atoms with Gasteiger partial charge >= 0.3 is 0 Å². The van der Waals surface area contributed by atoms with Crippen LogP contribution in [0.5, 0.6) is 0 Å². The van der Waals surface area contributed by atoms with Gasteiger partial charge in [0.2, 0.25) is 5.91 Å². The summed E-state index contributed by atoms with van der Waals surface area (Å²) in [5, 5.41) is 13.4. The summed E-state index contributed by atoms with van der Waals surface area (Å²) in [4.78, 5) is 33.1. The summed E-state index contributed by atoms with van der Waals surface area (Å²) in [6.45, 7) is 4.14. The van der Waals surface area contributed by atoms with Crippen LogP contribution in [-0.2, 0) is 11.3 Å². The molecule has 2 aliphatic heterocycles. The number of pyridine rings is 2. The zero-order valence-corrected chi connectivity index (χ0v) is 17.9. The Kier molecular flexibility index (Phi) is 5.40. The Morgan fingerprint density at radius 1 is 1.23 bits per heavy atom. The molecule has 4 heterocycles. The summed E-state index contributed by atoms with van der Waals surface area (Å²) in [5.74, 6) is 0.0835. The minimum absolute atomic E-state index is 0.0127. The summed E-state index contributed by atoms with van der Waals surface area (Å²) >= 11 is 0. The molecule has 1 amide bonds. The molecule has 4 atom stereocenters. The number of aliphatic hydroxyl groups is 1. The van der Waals surface area contributed by atoms with Gasteiger partial charge < -0.3 is 15.0 Å². The van der Waals surface area contributed by atoms with Crippen molar-refractivity contribution < 1.29 is 9.90 Å². The molecule has 3 aliphatic rings. The van der Waals surface area contributed by atoms with Crippen LogP contribution in [0, 0.1) is 17.8 Å². The van der Waals surface area contributed by atoms with Gasteiger partial charge in [-0.25, -0.2) is 0 Å². The molecule has 2 N–H and O–H groups in total. The summed E-state index contributed by atoms with van der Waals surface area (Å²) in [5.41, 5.74) is 2.33. The van der Waals surface area contributed by atoms with E-state index in [-0.39, 0.29) is 42.0 Å². The van der Waals surface area contributed by atoms with Crippen LogP contribution in [0.4, 0.5) is 0 Å². The number of fused-ring (bicyclic) bond motifs is 4. The molecular formula is C24H30N4O3. The summed E-state index contributed by atoms with van der Waals surface area (Å²) in [6.07, 6.45) is 6.69. The van der Waals surface area contributed by atoms with Crippen molar-refractivity contribution in [1.82, 2.24) is 19.8 Å². The lowest BCUT2D eigenvalue weighted by molar-refractivity contribution is -0.127. The number of rotatable bonds is 7. The van der Waals surface area contributed by atoms with E-state index < -0.39 is 0 Å². The largest absolute Gasteiger partial charge is 0.396 e. The quantitative estimate of drug-likeness (QED) is 0.711. The highest BCUT2D eigenvalue weighted by Gasteiger charge is 2.55. The maximum absolute atomic E-state index is 13.5. The summed E-state index contributed by atoms with van der Waals surface area (Å²) < 4.78 is 1.84. The fraction of sp³-hybridized carbons (Fsp3) is 0.542. The van der Waals surface area contributed by atoms with Crippen LogP contribution < -0.4 is 10.9 Å². The number of hydrogen-bond acceptors (Lipinski definition) is 5. The molecule has 0 unspecified atom stereocenters. The zero-order valence-electron chi connectivity index (χ0n) is 17.9. The highest BCUT2D eigenvalue weighted by Crippen LogP contribution is 2.48. The van der Waals surface area contributed by atoms with Crippen molar-refractivity contribution in [2.75, 3.05) is 19.7 Å². The molecule has 1 saturated heterocycles. The van der Waals surface area contributed by atoms with E-state index in [2.05, 4.69) is 22.1 Å². The third kappa shape index (κ3) is 3.49. The Bertz CT molecular complexity index is 1020. The van der Waals surface area contributed by atoms with Crippen LogP contribution in [0.1, 0.15) is 37.9 Å². The molecule has 2 aromatic heterocycles. The first-order valence-corrected chi connectivity index (χ1v) is 11.4. The Hall–Kier alpha value is -2.51. The molecule has 2 fully saturated rings. The fourth-order valence-corrected chi connectivity index (χ4v) is 5.52. The number of aromatic nitrogens is 2. The van der Waals surface area contributed by atoms with Crippen molar-refractivity contribution in [2.45, 2.75) is 44.8 Å². The number of amides is 1. The van der Waals surface area contributed by atoms with Gasteiger partial charge in [-0.2, -0.15) is 0 Å². The van der Waals surface area contributed by atoms with E-state index in [0.29, 0.717) is 24.6 Å². The molecule has 5 rings (SSSR count). The van der Waals surface area contributed by atoms with E-state index in [9.17, 15) is 14.7 Å². The van der Waals surface area contributed by atoms with Gasteiger partial charge in [0.05, 0.1) is 12.0 Å². The lowest BCUT2D eigenvalue weighted by atomic mass is 9.86. The van der Waals surface area contributed by atoms with Crippen molar-refractivity contribution in [2.24, 2.45) is 17.8 Å². The first-order chi connectivity index (χ1) is 15.1. The number of nitrogens with zero attached hydrogens (tertiary/aromatic N) is 3. The second-order valence-electron chi connectivity index (χ2n) is 9.13. The minimum atomic E-state index is -0.347. The first kappa shape index (κ1) is 20.4. The van der Waals surface area contributed by atoms with Crippen LogP contribution in [0.3, 0.4) is 0 Å². The number of carbonyl (C=O) groups excluding carboxylic acids is 1. The van der Waals surface area contributed by atoms with Gasteiger partial charge in [-0.05, 0) is 61.6 Å². The lowest BCUT2D eigenvalue weighted by Crippen LogP contribution is -2.47. The second-order valence-corrected chi connectivity index (χ2v) is 9.13. The molecule has 0 spiro atoms. The van der Waals surface area contributed by atoms with Crippen LogP contribution in [0.15, 0.2) is 41.5 Å². The molecule has 1 saturated carbocycles. The molecule has 7 heteroatoms. The van der Waals surface area contributed by atoms with E-state index in [1.54, 1.807) is 12.4 Å². The molecule has 31 heavy (non-hydrogen) atoms. The molecule has 0 aromatic carbocycles. The van der Waals surface area contributed by atoms with Crippen molar-refractivity contribution in [3.8, 4) is 11.1 Å². The van der Waals surface area contributed by atoms with E-state index in [4.69, 9.17) is 0 Å². The second kappa shape index (κ2) is 8.20. The number of nitrogens with one attached hydrogen (secondary N) is 1. The van der Waals surface area contributed by atoms with E-state index in [1.165, 1.54) is 12.8 Å². The SMILES string of the molecule is CCCN1[C@@H]2Cn3c(ccc(-c4ccncc4)c3=O)[C@H]1[C@@H](C(=O)NCC1CC1)[C@@H]2CO. The van der Waals surface area contributed by atoms with E-state index >= 15 is 0 Å². The number of hydrogen-bond donors (Lipinski definition) is 2. The van der Waals surface area contributed by atoms with Gasteiger partial charge in [0.25, 0.3) is 5.56 Å². The number of aliphatic hydroxyl groups excluding tert-OH is 1. The van der Waals surface area contributed by atoms with E-state index in [0.717, 1.165) is 24.2 Å². The molecule has 1 aliphatic carbocycles. The fourth-order valence-electron chi connectivity index (χ4n) is 5.52. The third-order valence-corrected chi connectivity index (χ3v) is 7.21. The van der Waals surface area contributed by atoms with Crippen LogP contribution in [-0.4, -0.2) is 51.2 Å². The van der Waals surface area contributed by atoms with Gasteiger partial charge in [0, 0.05) is 55.3 Å². The smallest absolute Gasteiger partial charge is 0.258 e. The first-order valence-electron chi connectivity index (χ1n) is 11.4. The monoisotopic (exact) mass is 422 g/mol. The van der Waals surface area contributed by atoms with Crippen LogP contribution in [0.2, 0.25) is 0 Å². The predicted octanol–water partition coefficient (Wildman–Crippen LogP) is 1.81. The maximum atomic E-state index is 13.5.